The number of alkyl halides is 1. The summed E-state index contributed by atoms with van der Waals surface area (Å²) < 4.78 is 5.18. The lowest BCUT2D eigenvalue weighted by molar-refractivity contribution is 0.00640. The highest BCUT2D eigenvalue weighted by Gasteiger charge is 2.21. The number of halogens is 1. The Kier molecular flexibility index (Phi) is 3.75. The van der Waals surface area contributed by atoms with Gasteiger partial charge in [-0.05, 0) is 32.9 Å². The average molecular weight is 243 g/mol. The van der Waals surface area contributed by atoms with Gasteiger partial charge in [0.25, 0.3) is 0 Å². The summed E-state index contributed by atoms with van der Waals surface area (Å²) in [6.45, 7) is 5.35. The minimum atomic E-state index is -0.567. The van der Waals surface area contributed by atoms with Gasteiger partial charge in [0.15, 0.2) is 5.69 Å². The maximum atomic E-state index is 11.7. The highest BCUT2D eigenvalue weighted by atomic mass is 35.5. The summed E-state index contributed by atoms with van der Waals surface area (Å²) in [6, 6.07) is 3.28. The molecule has 0 saturated heterocycles. The molecule has 0 bridgehead atoms. The molecular formula is C11H15ClN2O2. The molecule has 0 aliphatic carbocycles. The number of pyridine rings is 1. The molecule has 2 N–H and O–H groups in total. The van der Waals surface area contributed by atoms with Gasteiger partial charge in [0.2, 0.25) is 0 Å². The quantitative estimate of drug-likeness (QED) is 0.639. The number of nitrogens with two attached hydrogens (primary N) is 1. The number of carbonyl (C=O) groups excluding carboxylic acids is 1. The van der Waals surface area contributed by atoms with Crippen molar-refractivity contribution in [3.8, 4) is 0 Å². The standard InChI is InChI=1S/C11H15ClN2O2/c1-11(2,3)16-10(15)9-8(13)5-4-7(6-12)14-9/h4-5H,6,13H2,1-3H3. The number of ether oxygens (including phenoxy) is 1. The fourth-order valence-electron chi connectivity index (χ4n) is 1.07. The molecule has 0 saturated carbocycles. The number of hydrogen-bond donors (Lipinski definition) is 1. The second kappa shape index (κ2) is 4.70. The highest BCUT2D eigenvalue weighted by Crippen LogP contribution is 2.16. The zero-order valence-electron chi connectivity index (χ0n) is 9.58. The Labute approximate surface area is 99.8 Å². The third-order valence-corrected chi connectivity index (χ3v) is 1.99. The Hall–Kier alpha value is -1.29. The molecule has 0 aliphatic heterocycles. The van der Waals surface area contributed by atoms with E-state index >= 15 is 0 Å². The molecule has 0 aliphatic rings. The van der Waals surface area contributed by atoms with E-state index in [1.807, 2.05) is 0 Å². The lowest BCUT2D eigenvalue weighted by atomic mass is 10.2. The number of rotatable bonds is 2. The topological polar surface area (TPSA) is 65.2 Å². The molecule has 4 nitrogen and oxygen atoms in total. The van der Waals surface area contributed by atoms with Crippen LogP contribution >= 0.6 is 11.6 Å². The van der Waals surface area contributed by atoms with Crippen molar-refractivity contribution in [3.05, 3.63) is 23.5 Å². The minimum absolute atomic E-state index is 0.119. The molecule has 0 fully saturated rings. The first-order valence-corrected chi connectivity index (χ1v) is 5.41. The number of hydrogen-bond acceptors (Lipinski definition) is 4. The van der Waals surface area contributed by atoms with Crippen molar-refractivity contribution in [2.24, 2.45) is 0 Å². The molecule has 16 heavy (non-hydrogen) atoms. The number of carbonyl (C=O) groups is 1. The molecule has 0 aromatic carbocycles. The molecule has 1 aromatic rings. The zero-order chi connectivity index (χ0) is 12.3. The Morgan fingerprint density at radius 1 is 1.50 bits per heavy atom. The summed E-state index contributed by atoms with van der Waals surface area (Å²) in [4.78, 5) is 15.8. The van der Waals surface area contributed by atoms with E-state index in [0.717, 1.165) is 0 Å². The highest BCUT2D eigenvalue weighted by molar-refractivity contribution is 6.16. The second-order valence-electron chi connectivity index (χ2n) is 4.38. The van der Waals surface area contributed by atoms with E-state index in [0.29, 0.717) is 11.4 Å². The molecule has 1 heterocycles. The molecule has 88 valence electrons. The third-order valence-electron chi connectivity index (χ3n) is 1.71. The lowest BCUT2D eigenvalue weighted by Gasteiger charge is -2.19. The van der Waals surface area contributed by atoms with E-state index in [2.05, 4.69) is 4.98 Å². The normalized spacial score (nSPS) is 11.2. The Bertz CT molecular complexity index is 399. The van der Waals surface area contributed by atoms with Crippen molar-refractivity contribution in [1.82, 2.24) is 4.98 Å². The van der Waals surface area contributed by atoms with E-state index in [4.69, 9.17) is 22.1 Å². The van der Waals surface area contributed by atoms with Gasteiger partial charge in [-0.2, -0.15) is 0 Å². The predicted molar refractivity (Wildman–Crippen MR) is 63.4 cm³/mol. The van der Waals surface area contributed by atoms with Crippen molar-refractivity contribution in [3.63, 3.8) is 0 Å². The number of nitrogen functional groups attached to an aromatic ring is 1. The molecule has 0 atom stereocenters. The maximum absolute atomic E-state index is 11.7. The summed E-state index contributed by atoms with van der Waals surface area (Å²) in [5.41, 5.74) is 6.10. The van der Waals surface area contributed by atoms with Crippen LogP contribution in [-0.2, 0) is 10.6 Å². The van der Waals surface area contributed by atoms with Gasteiger partial charge in [0.1, 0.15) is 5.60 Å². The van der Waals surface area contributed by atoms with Crippen molar-refractivity contribution < 1.29 is 9.53 Å². The maximum Gasteiger partial charge on any atom is 0.359 e. The van der Waals surface area contributed by atoms with Crippen molar-refractivity contribution in [2.45, 2.75) is 32.3 Å². The fraction of sp³-hybridized carbons (Fsp3) is 0.455. The van der Waals surface area contributed by atoms with Gasteiger partial charge in [-0.25, -0.2) is 9.78 Å². The predicted octanol–water partition coefficient (Wildman–Crippen LogP) is 2.36. The molecule has 1 aromatic heterocycles. The number of anilines is 1. The monoisotopic (exact) mass is 242 g/mol. The Morgan fingerprint density at radius 2 is 2.12 bits per heavy atom. The average Bonchev–Trinajstić information content (AvgIpc) is 2.15. The molecule has 0 amide bonds. The van der Waals surface area contributed by atoms with Crippen LogP contribution in [0.1, 0.15) is 37.0 Å². The lowest BCUT2D eigenvalue weighted by Crippen LogP contribution is -2.25. The largest absolute Gasteiger partial charge is 0.455 e. The molecule has 5 heteroatoms. The van der Waals surface area contributed by atoms with E-state index in [1.165, 1.54) is 0 Å². The van der Waals surface area contributed by atoms with Crippen LogP contribution in [-0.4, -0.2) is 16.6 Å². The summed E-state index contributed by atoms with van der Waals surface area (Å²) in [6.07, 6.45) is 0. The summed E-state index contributed by atoms with van der Waals surface area (Å²) in [5, 5.41) is 0. The molecule has 0 radical (unpaired) electrons. The van der Waals surface area contributed by atoms with Gasteiger partial charge in [-0.1, -0.05) is 0 Å². The van der Waals surface area contributed by atoms with Crippen molar-refractivity contribution >= 4 is 23.3 Å². The molecule has 1 rings (SSSR count). The van der Waals surface area contributed by atoms with Crippen LogP contribution in [0.25, 0.3) is 0 Å². The van der Waals surface area contributed by atoms with Crippen molar-refractivity contribution in [1.29, 1.82) is 0 Å². The van der Waals surface area contributed by atoms with Gasteiger partial charge < -0.3 is 10.5 Å². The van der Waals surface area contributed by atoms with E-state index in [9.17, 15) is 4.79 Å². The zero-order valence-corrected chi connectivity index (χ0v) is 10.3. The van der Waals surface area contributed by atoms with Gasteiger partial charge in [-0.3, -0.25) is 0 Å². The van der Waals surface area contributed by atoms with Crippen LogP contribution in [0.2, 0.25) is 0 Å². The van der Waals surface area contributed by atoms with E-state index in [-0.39, 0.29) is 11.6 Å². The number of nitrogens with zero attached hydrogens (tertiary/aromatic N) is 1. The Balaban J connectivity index is 2.98. The van der Waals surface area contributed by atoms with Gasteiger partial charge >= 0.3 is 5.97 Å². The first-order valence-electron chi connectivity index (χ1n) is 4.88. The fourth-order valence-corrected chi connectivity index (χ4v) is 1.22. The molecular weight excluding hydrogens is 228 g/mol. The first kappa shape index (κ1) is 12.8. The Morgan fingerprint density at radius 3 is 2.62 bits per heavy atom. The van der Waals surface area contributed by atoms with Gasteiger partial charge in [0, 0.05) is 0 Å². The van der Waals surface area contributed by atoms with E-state index in [1.54, 1.807) is 32.9 Å². The molecule has 0 spiro atoms. The first-order chi connectivity index (χ1) is 7.33. The molecule has 0 unspecified atom stereocenters. The summed E-state index contributed by atoms with van der Waals surface area (Å²) >= 11 is 5.63. The SMILES string of the molecule is CC(C)(C)OC(=O)c1nc(CCl)ccc1N. The van der Waals surface area contributed by atoms with Gasteiger partial charge in [-0.15, -0.1) is 11.6 Å². The minimum Gasteiger partial charge on any atom is -0.455 e. The smallest absolute Gasteiger partial charge is 0.359 e. The second-order valence-corrected chi connectivity index (χ2v) is 4.64. The van der Waals surface area contributed by atoms with Gasteiger partial charge in [0.05, 0.1) is 17.3 Å². The van der Waals surface area contributed by atoms with Crippen LogP contribution in [0.4, 0.5) is 5.69 Å². The summed E-state index contributed by atoms with van der Waals surface area (Å²) in [5.74, 6) is -0.298. The van der Waals surface area contributed by atoms with Crippen LogP contribution in [0.5, 0.6) is 0 Å². The van der Waals surface area contributed by atoms with Crippen LogP contribution in [0, 0.1) is 0 Å². The third kappa shape index (κ3) is 3.38. The van der Waals surface area contributed by atoms with Crippen LogP contribution in [0.15, 0.2) is 12.1 Å². The van der Waals surface area contributed by atoms with Crippen LogP contribution < -0.4 is 5.73 Å². The number of esters is 1. The number of aromatic nitrogens is 1. The summed E-state index contributed by atoms with van der Waals surface area (Å²) in [7, 11) is 0. The van der Waals surface area contributed by atoms with Crippen molar-refractivity contribution in [2.75, 3.05) is 5.73 Å². The van der Waals surface area contributed by atoms with Crippen LogP contribution in [0.3, 0.4) is 0 Å². The van der Waals surface area contributed by atoms with E-state index < -0.39 is 11.6 Å².